The Bertz CT molecular complexity index is 1100. The van der Waals surface area contributed by atoms with Crippen molar-refractivity contribution in [1.29, 1.82) is 0 Å². The number of hydrogen-bond acceptors (Lipinski definition) is 4. The lowest BCUT2D eigenvalue weighted by molar-refractivity contribution is 0.157. The van der Waals surface area contributed by atoms with Crippen LogP contribution in [-0.4, -0.2) is 24.0 Å². The summed E-state index contributed by atoms with van der Waals surface area (Å²) in [6.07, 6.45) is 5.71. The average molecular weight is 350 g/mol. The van der Waals surface area contributed by atoms with Crippen LogP contribution in [0.2, 0.25) is 0 Å². The molecule has 0 aliphatic rings. The number of rotatable bonds is 4. The summed E-state index contributed by atoms with van der Waals surface area (Å²) in [4.78, 5) is 20.9. The zero-order valence-electron chi connectivity index (χ0n) is 13.7. The second kappa shape index (κ2) is 6.53. The highest BCUT2D eigenvalue weighted by Crippen LogP contribution is 2.19. The number of benzene rings is 1. The molecule has 0 aliphatic carbocycles. The van der Waals surface area contributed by atoms with Crippen molar-refractivity contribution in [3.05, 3.63) is 89.0 Å². The molecule has 130 valence electrons. The number of aromatic nitrogens is 4. The summed E-state index contributed by atoms with van der Waals surface area (Å²) in [6, 6.07) is 10.7. The Morgan fingerprint density at radius 2 is 1.81 bits per heavy atom. The Balaban J connectivity index is 1.73. The molecule has 0 saturated heterocycles. The van der Waals surface area contributed by atoms with Gasteiger partial charge >= 0.3 is 0 Å². The first-order valence-electron chi connectivity index (χ1n) is 8.04. The van der Waals surface area contributed by atoms with Crippen LogP contribution in [-0.2, 0) is 6.54 Å². The fourth-order valence-electron chi connectivity index (χ4n) is 2.83. The van der Waals surface area contributed by atoms with E-state index >= 15 is 0 Å². The molecule has 0 radical (unpaired) electrons. The number of aliphatic hydroxyl groups is 1. The first kappa shape index (κ1) is 16.2. The number of pyridine rings is 1. The largest absolute Gasteiger partial charge is 0.387 e. The van der Waals surface area contributed by atoms with Gasteiger partial charge in [0, 0.05) is 36.4 Å². The van der Waals surface area contributed by atoms with Gasteiger partial charge in [-0.3, -0.25) is 14.2 Å². The van der Waals surface area contributed by atoms with Crippen molar-refractivity contribution in [3.8, 4) is 11.3 Å². The summed E-state index contributed by atoms with van der Waals surface area (Å²) in [6.45, 7) is 0.189. The predicted octanol–water partition coefficient (Wildman–Crippen LogP) is 2.43. The van der Waals surface area contributed by atoms with Gasteiger partial charge < -0.3 is 9.67 Å². The van der Waals surface area contributed by atoms with Gasteiger partial charge in [0.2, 0.25) is 5.78 Å². The molecule has 0 spiro atoms. The van der Waals surface area contributed by atoms with E-state index in [2.05, 4.69) is 9.97 Å². The normalized spacial score (nSPS) is 12.4. The first-order chi connectivity index (χ1) is 12.6. The van der Waals surface area contributed by atoms with Gasteiger partial charge in [-0.2, -0.15) is 0 Å². The maximum atomic E-state index is 13.0. The molecule has 6 nitrogen and oxygen atoms in total. The molecular weight excluding hydrogens is 335 g/mol. The van der Waals surface area contributed by atoms with E-state index in [1.54, 1.807) is 41.5 Å². The van der Waals surface area contributed by atoms with Crippen molar-refractivity contribution < 1.29 is 9.50 Å². The molecule has 1 aromatic carbocycles. The molecule has 1 unspecified atom stereocenters. The Kier molecular flexibility index (Phi) is 4.06. The quantitative estimate of drug-likeness (QED) is 0.614. The second-order valence-electron chi connectivity index (χ2n) is 5.90. The molecular formula is C19H15FN4O2. The molecule has 0 saturated carbocycles. The summed E-state index contributed by atoms with van der Waals surface area (Å²) in [5, 5.41) is 10.4. The molecule has 3 heterocycles. The molecule has 4 aromatic rings. The maximum absolute atomic E-state index is 13.0. The fraction of sp³-hybridized carbons (Fsp3) is 0.105. The van der Waals surface area contributed by atoms with Crippen molar-refractivity contribution >= 4 is 5.78 Å². The maximum Gasteiger partial charge on any atom is 0.259 e. The van der Waals surface area contributed by atoms with Crippen LogP contribution in [0.1, 0.15) is 11.7 Å². The fourth-order valence-corrected chi connectivity index (χ4v) is 2.83. The van der Waals surface area contributed by atoms with E-state index in [4.69, 9.17) is 0 Å². The number of aliphatic hydroxyl groups excluding tert-OH is 1. The van der Waals surface area contributed by atoms with Crippen molar-refractivity contribution in [2.24, 2.45) is 0 Å². The van der Waals surface area contributed by atoms with Gasteiger partial charge in [0.15, 0.2) is 0 Å². The molecule has 0 aliphatic heterocycles. The van der Waals surface area contributed by atoms with Gasteiger partial charge in [-0.1, -0.05) is 12.1 Å². The summed E-state index contributed by atoms with van der Waals surface area (Å²) in [5.41, 5.74) is 1.70. The van der Waals surface area contributed by atoms with E-state index in [1.807, 2.05) is 0 Å². The van der Waals surface area contributed by atoms with Crippen LogP contribution in [0.25, 0.3) is 17.0 Å². The number of hydrogen-bond donors (Lipinski definition) is 1. The Labute approximate surface area is 147 Å². The number of nitrogens with zero attached hydrogens (tertiary/aromatic N) is 4. The van der Waals surface area contributed by atoms with Gasteiger partial charge in [0.25, 0.3) is 5.56 Å². The molecule has 4 rings (SSSR count). The molecule has 0 bridgehead atoms. The second-order valence-corrected chi connectivity index (χ2v) is 5.90. The van der Waals surface area contributed by atoms with Gasteiger partial charge in [-0.25, -0.2) is 9.37 Å². The Morgan fingerprint density at radius 3 is 2.54 bits per heavy atom. The molecule has 0 amide bonds. The van der Waals surface area contributed by atoms with Crippen molar-refractivity contribution in [1.82, 2.24) is 18.9 Å². The Hall–Kier alpha value is -3.32. The summed E-state index contributed by atoms with van der Waals surface area (Å²) in [7, 11) is 0. The van der Waals surface area contributed by atoms with E-state index in [0.29, 0.717) is 17.0 Å². The Morgan fingerprint density at radius 1 is 1.08 bits per heavy atom. The van der Waals surface area contributed by atoms with Crippen LogP contribution in [0.4, 0.5) is 4.39 Å². The summed E-state index contributed by atoms with van der Waals surface area (Å²) in [5.74, 6) is 0.0630. The number of fused-ring (bicyclic) bond motifs is 1. The average Bonchev–Trinajstić information content (AvgIpc) is 3.06. The third-order valence-electron chi connectivity index (χ3n) is 4.19. The van der Waals surface area contributed by atoms with Crippen LogP contribution >= 0.6 is 0 Å². The summed E-state index contributed by atoms with van der Waals surface area (Å²) < 4.78 is 16.2. The zero-order valence-corrected chi connectivity index (χ0v) is 13.7. The lowest BCUT2D eigenvalue weighted by atomic mass is 10.1. The zero-order chi connectivity index (χ0) is 18.1. The van der Waals surface area contributed by atoms with Crippen LogP contribution < -0.4 is 5.56 Å². The molecule has 26 heavy (non-hydrogen) atoms. The van der Waals surface area contributed by atoms with Crippen LogP contribution in [0.15, 0.2) is 72.0 Å². The topological polar surface area (TPSA) is 72.4 Å². The van der Waals surface area contributed by atoms with E-state index in [0.717, 1.165) is 5.56 Å². The lowest BCUT2D eigenvalue weighted by Gasteiger charge is -2.12. The van der Waals surface area contributed by atoms with Gasteiger partial charge in [-0.15, -0.1) is 0 Å². The molecule has 0 fully saturated rings. The monoisotopic (exact) mass is 350 g/mol. The standard InChI is InChI=1S/C19H15FN4O2/c20-15-3-1-14(2-4-15)17(25)12-23-9-10-24-18(26)11-16(22-19(23)24)13-5-7-21-8-6-13/h1-11,17,25H,12H2. The third-order valence-corrected chi connectivity index (χ3v) is 4.19. The number of imidazole rings is 1. The van der Waals surface area contributed by atoms with E-state index in [-0.39, 0.29) is 17.9 Å². The lowest BCUT2D eigenvalue weighted by Crippen LogP contribution is -2.15. The smallest absolute Gasteiger partial charge is 0.259 e. The van der Waals surface area contributed by atoms with Crippen LogP contribution in [0.5, 0.6) is 0 Å². The van der Waals surface area contributed by atoms with Crippen molar-refractivity contribution in [2.75, 3.05) is 0 Å². The molecule has 3 aromatic heterocycles. The van der Waals surface area contributed by atoms with Gasteiger partial charge in [-0.05, 0) is 29.8 Å². The molecule has 1 N–H and O–H groups in total. The van der Waals surface area contributed by atoms with Crippen LogP contribution in [0.3, 0.4) is 0 Å². The van der Waals surface area contributed by atoms with E-state index in [9.17, 15) is 14.3 Å². The highest BCUT2D eigenvalue weighted by molar-refractivity contribution is 5.59. The van der Waals surface area contributed by atoms with Crippen LogP contribution in [0, 0.1) is 5.82 Å². The minimum atomic E-state index is -0.853. The SMILES string of the molecule is O=c1cc(-c2ccncc2)nc2n(CC(O)c3ccc(F)cc3)ccn12. The summed E-state index contributed by atoms with van der Waals surface area (Å²) >= 11 is 0. The highest BCUT2D eigenvalue weighted by Gasteiger charge is 2.13. The minimum absolute atomic E-state index is 0.189. The van der Waals surface area contributed by atoms with Crippen molar-refractivity contribution in [3.63, 3.8) is 0 Å². The highest BCUT2D eigenvalue weighted by atomic mass is 19.1. The van der Waals surface area contributed by atoms with Crippen molar-refractivity contribution in [2.45, 2.75) is 12.6 Å². The van der Waals surface area contributed by atoms with Gasteiger partial charge in [0.1, 0.15) is 5.82 Å². The molecule has 7 heteroatoms. The van der Waals surface area contributed by atoms with E-state index < -0.39 is 6.10 Å². The third kappa shape index (κ3) is 3.00. The predicted molar refractivity (Wildman–Crippen MR) is 94.0 cm³/mol. The van der Waals surface area contributed by atoms with Gasteiger partial charge in [0.05, 0.1) is 18.3 Å². The first-order valence-corrected chi connectivity index (χ1v) is 8.04. The molecule has 1 atom stereocenters. The minimum Gasteiger partial charge on any atom is -0.387 e. The number of halogens is 1. The van der Waals surface area contributed by atoms with E-state index in [1.165, 1.54) is 34.7 Å².